The molecule has 16 heavy (non-hydrogen) atoms. The fraction of sp³-hybridized carbons (Fsp3) is 0.417. The summed E-state index contributed by atoms with van der Waals surface area (Å²) in [4.78, 5) is 15.7. The lowest BCUT2D eigenvalue weighted by Gasteiger charge is -2.22. The molecule has 0 radical (unpaired) electrons. The lowest BCUT2D eigenvalue weighted by molar-refractivity contribution is 0.229. The van der Waals surface area contributed by atoms with Crippen LogP contribution in [0, 0.1) is 0 Å². The fourth-order valence-corrected chi connectivity index (χ4v) is 2.60. The first-order valence-electron chi connectivity index (χ1n) is 5.39. The normalized spacial score (nSPS) is 20.6. The molecule has 2 amide bonds. The van der Waals surface area contributed by atoms with Gasteiger partial charge in [0.05, 0.1) is 6.04 Å². The van der Waals surface area contributed by atoms with Gasteiger partial charge in [-0.1, -0.05) is 34.1 Å². The van der Waals surface area contributed by atoms with Gasteiger partial charge in [0.2, 0.25) is 0 Å². The van der Waals surface area contributed by atoms with Gasteiger partial charge in [-0.15, -0.1) is 0 Å². The number of rotatable bonds is 3. The molecular weight excluding hydrogens is 268 g/mol. The van der Waals surface area contributed by atoms with Crippen molar-refractivity contribution in [2.75, 3.05) is 23.8 Å². The molecule has 3 nitrogen and oxygen atoms in total. The largest absolute Gasteiger partial charge is 0.325 e. The topological polar surface area (TPSA) is 23.6 Å². The second kappa shape index (κ2) is 4.87. The Hall–Kier alpha value is -1.03. The van der Waals surface area contributed by atoms with Crippen LogP contribution in [-0.4, -0.2) is 35.9 Å². The van der Waals surface area contributed by atoms with E-state index in [0.29, 0.717) is 0 Å². The van der Waals surface area contributed by atoms with Crippen molar-refractivity contribution >= 4 is 27.6 Å². The zero-order chi connectivity index (χ0) is 11.5. The molecule has 0 saturated carbocycles. The summed E-state index contributed by atoms with van der Waals surface area (Å²) in [6.45, 7) is 0.805. The van der Waals surface area contributed by atoms with Gasteiger partial charge in [0.25, 0.3) is 0 Å². The number of hydrogen-bond acceptors (Lipinski definition) is 1. The minimum atomic E-state index is 0.0946. The number of anilines is 1. The SMILES string of the molecule is CN1CC(CCBr)N(c2ccccc2)C1=O. The van der Waals surface area contributed by atoms with E-state index < -0.39 is 0 Å². The van der Waals surface area contributed by atoms with Crippen LogP contribution in [0.3, 0.4) is 0 Å². The summed E-state index contributed by atoms with van der Waals surface area (Å²) in [6, 6.07) is 10.2. The zero-order valence-corrected chi connectivity index (χ0v) is 10.9. The van der Waals surface area contributed by atoms with Crippen LogP contribution in [0.4, 0.5) is 10.5 Å². The number of benzene rings is 1. The Morgan fingerprint density at radius 1 is 1.38 bits per heavy atom. The van der Waals surface area contributed by atoms with Crippen molar-refractivity contribution < 1.29 is 4.79 Å². The summed E-state index contributed by atoms with van der Waals surface area (Å²) in [6.07, 6.45) is 0.977. The maximum atomic E-state index is 12.0. The minimum absolute atomic E-state index is 0.0946. The maximum Gasteiger partial charge on any atom is 0.324 e. The van der Waals surface area contributed by atoms with Crippen LogP contribution in [0.15, 0.2) is 30.3 Å². The molecule has 4 heteroatoms. The highest BCUT2D eigenvalue weighted by molar-refractivity contribution is 9.09. The van der Waals surface area contributed by atoms with Gasteiger partial charge in [0.15, 0.2) is 0 Å². The van der Waals surface area contributed by atoms with Gasteiger partial charge in [-0.25, -0.2) is 4.79 Å². The number of nitrogens with zero attached hydrogens (tertiary/aromatic N) is 2. The average molecular weight is 283 g/mol. The van der Waals surface area contributed by atoms with E-state index in [0.717, 1.165) is 24.0 Å². The fourth-order valence-electron chi connectivity index (χ4n) is 2.07. The molecule has 1 fully saturated rings. The van der Waals surface area contributed by atoms with Crippen LogP contribution < -0.4 is 4.90 Å². The molecule has 1 saturated heterocycles. The number of para-hydroxylation sites is 1. The molecule has 1 aromatic rings. The smallest absolute Gasteiger partial charge is 0.324 e. The second-order valence-electron chi connectivity index (χ2n) is 4.00. The van der Waals surface area contributed by atoms with Gasteiger partial charge in [0, 0.05) is 24.6 Å². The quantitative estimate of drug-likeness (QED) is 0.782. The summed E-state index contributed by atoms with van der Waals surface area (Å²) in [5, 5.41) is 0.919. The first-order chi connectivity index (χ1) is 7.74. The van der Waals surface area contributed by atoms with Crippen molar-refractivity contribution in [1.82, 2.24) is 4.90 Å². The van der Waals surface area contributed by atoms with Gasteiger partial charge in [-0.2, -0.15) is 0 Å². The van der Waals surface area contributed by atoms with Gasteiger partial charge in [-0.05, 0) is 18.6 Å². The Balaban J connectivity index is 2.26. The lowest BCUT2D eigenvalue weighted by Crippen LogP contribution is -2.34. The monoisotopic (exact) mass is 282 g/mol. The van der Waals surface area contributed by atoms with Crippen LogP contribution in [0.25, 0.3) is 0 Å². The molecule has 0 aromatic heterocycles. The van der Waals surface area contributed by atoms with Gasteiger partial charge in [-0.3, -0.25) is 4.90 Å². The number of halogens is 1. The molecule has 0 N–H and O–H groups in total. The van der Waals surface area contributed by atoms with Crippen LogP contribution in [0.5, 0.6) is 0 Å². The van der Waals surface area contributed by atoms with Crippen molar-refractivity contribution in [3.05, 3.63) is 30.3 Å². The Kier molecular flexibility index (Phi) is 3.49. The molecule has 1 atom stereocenters. The number of carbonyl (C=O) groups is 1. The summed E-state index contributed by atoms with van der Waals surface area (Å²) < 4.78 is 0. The highest BCUT2D eigenvalue weighted by atomic mass is 79.9. The van der Waals surface area contributed by atoms with Crippen molar-refractivity contribution in [2.45, 2.75) is 12.5 Å². The first-order valence-corrected chi connectivity index (χ1v) is 6.51. The van der Waals surface area contributed by atoms with E-state index in [1.807, 2.05) is 42.3 Å². The number of carbonyl (C=O) groups excluding carboxylic acids is 1. The molecular formula is C12H15BrN2O. The van der Waals surface area contributed by atoms with Crippen molar-refractivity contribution in [3.8, 4) is 0 Å². The summed E-state index contributed by atoms with van der Waals surface area (Å²) >= 11 is 3.44. The molecule has 86 valence electrons. The number of urea groups is 1. The molecule has 1 heterocycles. The molecule has 0 aliphatic carbocycles. The Labute approximate surface area is 104 Å². The third kappa shape index (κ3) is 2.07. The van der Waals surface area contributed by atoms with Crippen LogP contribution in [-0.2, 0) is 0 Å². The highest BCUT2D eigenvalue weighted by Crippen LogP contribution is 2.25. The molecule has 0 bridgehead atoms. The average Bonchev–Trinajstić information content (AvgIpc) is 2.57. The third-order valence-corrected chi connectivity index (χ3v) is 3.32. The molecule has 1 aromatic carbocycles. The van der Waals surface area contributed by atoms with E-state index in [1.54, 1.807) is 4.90 Å². The number of alkyl halides is 1. The third-order valence-electron chi connectivity index (χ3n) is 2.86. The van der Waals surface area contributed by atoms with E-state index in [4.69, 9.17) is 0 Å². The van der Waals surface area contributed by atoms with Crippen LogP contribution >= 0.6 is 15.9 Å². The second-order valence-corrected chi connectivity index (χ2v) is 4.79. The van der Waals surface area contributed by atoms with E-state index in [9.17, 15) is 4.79 Å². The summed E-state index contributed by atoms with van der Waals surface area (Å²) in [5.41, 5.74) is 0.989. The van der Waals surface area contributed by atoms with Crippen molar-refractivity contribution in [1.29, 1.82) is 0 Å². The molecule has 0 spiro atoms. The molecule has 1 aliphatic rings. The zero-order valence-electron chi connectivity index (χ0n) is 9.27. The number of amides is 2. The van der Waals surface area contributed by atoms with E-state index in [1.165, 1.54) is 0 Å². The minimum Gasteiger partial charge on any atom is -0.325 e. The van der Waals surface area contributed by atoms with Gasteiger partial charge in [0.1, 0.15) is 0 Å². The molecule has 2 rings (SSSR count). The maximum absolute atomic E-state index is 12.0. The summed E-state index contributed by atoms with van der Waals surface area (Å²) in [7, 11) is 1.85. The standard InChI is InChI=1S/C12H15BrN2O/c1-14-9-11(7-8-13)15(12(14)16)10-5-3-2-4-6-10/h2-6,11H,7-9H2,1H3. The highest BCUT2D eigenvalue weighted by Gasteiger charge is 2.35. The lowest BCUT2D eigenvalue weighted by atomic mass is 10.2. The van der Waals surface area contributed by atoms with E-state index in [-0.39, 0.29) is 12.1 Å². The van der Waals surface area contributed by atoms with Crippen LogP contribution in [0.1, 0.15) is 6.42 Å². The van der Waals surface area contributed by atoms with E-state index >= 15 is 0 Å². The van der Waals surface area contributed by atoms with Crippen molar-refractivity contribution in [3.63, 3.8) is 0 Å². The number of likely N-dealkylation sites (N-methyl/N-ethyl adjacent to an activating group) is 1. The number of hydrogen-bond donors (Lipinski definition) is 0. The van der Waals surface area contributed by atoms with Crippen molar-refractivity contribution in [2.24, 2.45) is 0 Å². The van der Waals surface area contributed by atoms with Gasteiger partial charge < -0.3 is 4.90 Å². The first kappa shape index (κ1) is 11.5. The predicted octanol–water partition coefficient (Wildman–Crippen LogP) is 2.71. The van der Waals surface area contributed by atoms with Gasteiger partial charge >= 0.3 is 6.03 Å². The van der Waals surface area contributed by atoms with E-state index in [2.05, 4.69) is 15.9 Å². The Morgan fingerprint density at radius 3 is 2.69 bits per heavy atom. The Morgan fingerprint density at radius 2 is 2.06 bits per heavy atom. The summed E-state index contributed by atoms with van der Waals surface area (Å²) in [5.74, 6) is 0. The Bertz CT molecular complexity index is 369. The molecule has 1 unspecified atom stereocenters. The predicted molar refractivity (Wildman–Crippen MR) is 69.1 cm³/mol. The van der Waals surface area contributed by atoms with Crippen LogP contribution in [0.2, 0.25) is 0 Å². The molecule has 1 aliphatic heterocycles.